The molecule has 0 aromatic rings. The fourth-order valence-corrected chi connectivity index (χ4v) is 1.94. The second-order valence-corrected chi connectivity index (χ2v) is 4.21. The first-order valence-electron chi connectivity index (χ1n) is 5.66. The summed E-state index contributed by atoms with van der Waals surface area (Å²) < 4.78 is 0. The summed E-state index contributed by atoms with van der Waals surface area (Å²) in [5.74, 6) is 6.55. The number of guanidine groups is 1. The Morgan fingerprint density at radius 1 is 1.47 bits per heavy atom. The van der Waals surface area contributed by atoms with Gasteiger partial charge in [-0.1, -0.05) is 6.92 Å². The molecule has 5 nitrogen and oxygen atoms in total. The van der Waals surface area contributed by atoms with E-state index < -0.39 is 0 Å². The van der Waals surface area contributed by atoms with Crippen LogP contribution < -0.4 is 16.6 Å². The number of likely N-dealkylation sites (tertiary alicyclic amines) is 1. The van der Waals surface area contributed by atoms with E-state index in [1.54, 1.807) is 7.05 Å². The third-order valence-corrected chi connectivity index (χ3v) is 2.75. The molecule has 4 N–H and O–H groups in total. The molecule has 0 saturated carbocycles. The largest absolute Gasteiger partial charge is 0.355 e. The summed E-state index contributed by atoms with van der Waals surface area (Å²) in [4.78, 5) is 6.48. The molecule has 1 unspecified atom stereocenters. The monoisotopic (exact) mass is 213 g/mol. The molecule has 5 heteroatoms. The number of aliphatic imine (C=N–C) groups is 1. The van der Waals surface area contributed by atoms with E-state index in [2.05, 4.69) is 27.6 Å². The zero-order valence-corrected chi connectivity index (χ0v) is 9.79. The van der Waals surface area contributed by atoms with Gasteiger partial charge < -0.3 is 10.2 Å². The Bertz CT molecular complexity index is 198. The summed E-state index contributed by atoms with van der Waals surface area (Å²) in [5.41, 5.74) is 2.53. The van der Waals surface area contributed by atoms with Crippen molar-refractivity contribution in [3.63, 3.8) is 0 Å². The van der Waals surface area contributed by atoms with Gasteiger partial charge >= 0.3 is 0 Å². The van der Waals surface area contributed by atoms with Crippen molar-refractivity contribution in [2.45, 2.75) is 19.8 Å². The van der Waals surface area contributed by atoms with Crippen LogP contribution in [0.15, 0.2) is 4.99 Å². The van der Waals surface area contributed by atoms with Crippen molar-refractivity contribution in [1.82, 2.24) is 15.6 Å². The van der Waals surface area contributed by atoms with Crippen LogP contribution in [0.1, 0.15) is 19.8 Å². The SMILES string of the molecule is CN=C(NN)NCC(C)CN1CCCC1. The highest BCUT2D eigenvalue weighted by molar-refractivity contribution is 5.78. The highest BCUT2D eigenvalue weighted by Crippen LogP contribution is 2.09. The summed E-state index contributed by atoms with van der Waals surface area (Å²) >= 11 is 0. The van der Waals surface area contributed by atoms with E-state index in [0.717, 1.165) is 13.1 Å². The Labute approximate surface area is 92.1 Å². The molecular weight excluding hydrogens is 190 g/mol. The lowest BCUT2D eigenvalue weighted by molar-refractivity contribution is 0.287. The molecule has 1 fully saturated rings. The van der Waals surface area contributed by atoms with Gasteiger partial charge in [-0.05, 0) is 31.8 Å². The van der Waals surface area contributed by atoms with Crippen molar-refractivity contribution in [2.75, 3.05) is 33.2 Å². The number of rotatable bonds is 4. The number of hydrazine groups is 1. The average Bonchev–Trinajstić information content (AvgIpc) is 2.72. The molecule has 0 amide bonds. The minimum absolute atomic E-state index is 0.619. The van der Waals surface area contributed by atoms with Crippen LogP contribution in [0.2, 0.25) is 0 Å². The van der Waals surface area contributed by atoms with Gasteiger partial charge in [-0.15, -0.1) is 0 Å². The zero-order valence-electron chi connectivity index (χ0n) is 9.79. The lowest BCUT2D eigenvalue weighted by Crippen LogP contribution is -2.44. The van der Waals surface area contributed by atoms with Gasteiger partial charge in [0.1, 0.15) is 0 Å². The molecule has 1 heterocycles. The molecule has 0 aromatic heterocycles. The lowest BCUT2D eigenvalue weighted by atomic mass is 10.1. The average molecular weight is 213 g/mol. The molecule has 0 spiro atoms. The third kappa shape index (κ3) is 4.48. The molecule has 1 rings (SSSR count). The molecule has 1 aliphatic rings. The Morgan fingerprint density at radius 3 is 2.67 bits per heavy atom. The highest BCUT2D eigenvalue weighted by atomic mass is 15.3. The fraction of sp³-hybridized carbons (Fsp3) is 0.900. The summed E-state index contributed by atoms with van der Waals surface area (Å²) in [5, 5.41) is 3.18. The van der Waals surface area contributed by atoms with Gasteiger partial charge in [-0.2, -0.15) is 0 Å². The van der Waals surface area contributed by atoms with Gasteiger partial charge in [0, 0.05) is 20.1 Å². The van der Waals surface area contributed by atoms with E-state index in [-0.39, 0.29) is 0 Å². The number of nitrogens with zero attached hydrogens (tertiary/aromatic N) is 2. The van der Waals surface area contributed by atoms with Gasteiger partial charge in [0.05, 0.1) is 0 Å². The summed E-state index contributed by atoms with van der Waals surface area (Å²) in [6.07, 6.45) is 2.71. The van der Waals surface area contributed by atoms with E-state index in [9.17, 15) is 0 Å². The van der Waals surface area contributed by atoms with Crippen molar-refractivity contribution in [3.8, 4) is 0 Å². The van der Waals surface area contributed by atoms with Gasteiger partial charge in [-0.25, -0.2) is 5.84 Å². The van der Waals surface area contributed by atoms with Crippen molar-refractivity contribution in [1.29, 1.82) is 0 Å². The maximum Gasteiger partial charge on any atom is 0.205 e. The molecule has 0 bridgehead atoms. The molecule has 0 aliphatic carbocycles. The Hall–Kier alpha value is -0.810. The predicted molar refractivity (Wildman–Crippen MR) is 63.5 cm³/mol. The quantitative estimate of drug-likeness (QED) is 0.261. The Balaban J connectivity index is 2.14. The number of nitrogens with one attached hydrogen (secondary N) is 2. The first kappa shape index (κ1) is 12.3. The van der Waals surface area contributed by atoms with Gasteiger partial charge in [0.15, 0.2) is 0 Å². The normalized spacial score (nSPS) is 20.3. The van der Waals surface area contributed by atoms with E-state index in [1.807, 2.05) is 0 Å². The van der Waals surface area contributed by atoms with Crippen LogP contribution in [0.3, 0.4) is 0 Å². The first-order chi connectivity index (χ1) is 7.26. The molecular formula is C10H23N5. The van der Waals surface area contributed by atoms with Crippen LogP contribution in [0, 0.1) is 5.92 Å². The zero-order chi connectivity index (χ0) is 11.1. The van der Waals surface area contributed by atoms with E-state index >= 15 is 0 Å². The van der Waals surface area contributed by atoms with Crippen LogP contribution in [-0.2, 0) is 0 Å². The van der Waals surface area contributed by atoms with Gasteiger partial charge in [0.2, 0.25) is 5.96 Å². The molecule has 1 atom stereocenters. The molecule has 0 radical (unpaired) electrons. The molecule has 1 saturated heterocycles. The van der Waals surface area contributed by atoms with E-state index in [1.165, 1.54) is 25.9 Å². The van der Waals surface area contributed by atoms with Crippen molar-refractivity contribution in [3.05, 3.63) is 0 Å². The topological polar surface area (TPSA) is 65.7 Å². The minimum atomic E-state index is 0.619. The van der Waals surface area contributed by atoms with Crippen molar-refractivity contribution < 1.29 is 0 Å². The Morgan fingerprint density at radius 2 is 2.13 bits per heavy atom. The first-order valence-corrected chi connectivity index (χ1v) is 5.66. The lowest BCUT2D eigenvalue weighted by Gasteiger charge is -2.21. The van der Waals surface area contributed by atoms with Crippen molar-refractivity contribution in [2.24, 2.45) is 16.8 Å². The number of hydrogen-bond donors (Lipinski definition) is 3. The predicted octanol–water partition coefficient (Wildman–Crippen LogP) is -0.243. The molecule has 0 aromatic carbocycles. The third-order valence-electron chi connectivity index (χ3n) is 2.75. The van der Waals surface area contributed by atoms with Crippen LogP contribution in [-0.4, -0.2) is 44.1 Å². The van der Waals surface area contributed by atoms with Gasteiger partial charge in [-0.3, -0.25) is 10.4 Å². The number of nitrogens with two attached hydrogens (primary N) is 1. The van der Waals surface area contributed by atoms with Crippen molar-refractivity contribution >= 4 is 5.96 Å². The van der Waals surface area contributed by atoms with Crippen LogP contribution in [0.5, 0.6) is 0 Å². The summed E-state index contributed by atoms with van der Waals surface area (Å²) in [6.45, 7) is 6.83. The van der Waals surface area contributed by atoms with Crippen LogP contribution in [0.25, 0.3) is 0 Å². The Kier molecular flexibility index (Phi) is 5.42. The molecule has 1 aliphatic heterocycles. The fourth-order valence-electron chi connectivity index (χ4n) is 1.94. The molecule has 88 valence electrons. The summed E-state index contributed by atoms with van der Waals surface area (Å²) in [7, 11) is 1.72. The van der Waals surface area contributed by atoms with E-state index in [0.29, 0.717) is 11.9 Å². The second-order valence-electron chi connectivity index (χ2n) is 4.21. The standard InChI is InChI=1S/C10H23N5/c1-9(7-13-10(12-2)14-11)8-15-5-3-4-6-15/h9H,3-8,11H2,1-2H3,(H2,12,13,14). The summed E-state index contributed by atoms with van der Waals surface area (Å²) in [6, 6.07) is 0. The van der Waals surface area contributed by atoms with Crippen LogP contribution in [0.4, 0.5) is 0 Å². The number of hydrogen-bond acceptors (Lipinski definition) is 3. The second kappa shape index (κ2) is 6.63. The maximum atomic E-state index is 5.28. The van der Waals surface area contributed by atoms with Gasteiger partial charge in [0.25, 0.3) is 0 Å². The highest BCUT2D eigenvalue weighted by Gasteiger charge is 2.14. The maximum absolute atomic E-state index is 5.28. The smallest absolute Gasteiger partial charge is 0.205 e. The minimum Gasteiger partial charge on any atom is -0.355 e. The van der Waals surface area contributed by atoms with E-state index in [4.69, 9.17) is 5.84 Å². The molecule has 15 heavy (non-hydrogen) atoms. The van der Waals surface area contributed by atoms with Crippen LogP contribution >= 0.6 is 0 Å².